The molecule has 3 N–H and O–H groups in total. The van der Waals surface area contributed by atoms with Crippen LogP contribution in [-0.4, -0.2) is 77.6 Å². The monoisotopic (exact) mass is 937 g/mol. The van der Waals surface area contributed by atoms with Gasteiger partial charge in [-0.25, -0.2) is 29.1 Å². The van der Waals surface area contributed by atoms with Gasteiger partial charge in [0.05, 0.1) is 30.0 Å². The van der Waals surface area contributed by atoms with Gasteiger partial charge >= 0.3 is 24.1 Å². The predicted octanol–water partition coefficient (Wildman–Crippen LogP) is 9.29. The van der Waals surface area contributed by atoms with E-state index in [1.54, 1.807) is 65.8 Å². The molecule has 2 heterocycles. The number of para-hydroxylation sites is 1. The van der Waals surface area contributed by atoms with Crippen LogP contribution in [0.1, 0.15) is 97.2 Å². The van der Waals surface area contributed by atoms with Gasteiger partial charge in [-0.2, -0.15) is 0 Å². The molecule has 4 aromatic carbocycles. The van der Waals surface area contributed by atoms with E-state index < -0.39 is 47.8 Å². The van der Waals surface area contributed by atoms with Crippen LogP contribution in [0.5, 0.6) is 11.5 Å². The van der Waals surface area contributed by atoms with Crippen LogP contribution >= 0.6 is 0 Å². The van der Waals surface area contributed by atoms with Gasteiger partial charge in [-0.3, -0.25) is 4.79 Å². The molecule has 0 saturated heterocycles. The van der Waals surface area contributed by atoms with Gasteiger partial charge in [-0.1, -0.05) is 84.9 Å². The number of carbonyl (C=O) groups is 5. The fourth-order valence-electron chi connectivity index (χ4n) is 7.46. The van der Waals surface area contributed by atoms with Crippen molar-refractivity contribution in [3.05, 3.63) is 149 Å². The highest BCUT2D eigenvalue weighted by molar-refractivity contribution is 6.09. The van der Waals surface area contributed by atoms with Crippen molar-refractivity contribution in [2.45, 2.75) is 78.2 Å². The second kappa shape index (κ2) is 21.7. The molecule has 7 rings (SSSR count). The molecular formula is C53H55N5O11. The second-order valence-corrected chi connectivity index (χ2v) is 18.1. The molecule has 0 bridgehead atoms. The number of nitrogens with one attached hydrogen (secondary N) is 3. The van der Waals surface area contributed by atoms with Crippen molar-refractivity contribution >= 4 is 46.6 Å². The molecule has 0 fully saturated rings. The molecule has 1 aliphatic carbocycles. The van der Waals surface area contributed by atoms with Crippen molar-refractivity contribution in [3.63, 3.8) is 0 Å². The summed E-state index contributed by atoms with van der Waals surface area (Å²) in [5.74, 6) is -1.87. The van der Waals surface area contributed by atoms with E-state index in [2.05, 4.69) is 38.1 Å². The number of pyridine rings is 2. The molecule has 16 nitrogen and oxygen atoms in total. The normalized spacial score (nSPS) is 12.0. The quantitative estimate of drug-likeness (QED) is 0.0444. The number of hydrogen-bond acceptors (Lipinski definition) is 13. The van der Waals surface area contributed by atoms with Crippen molar-refractivity contribution in [3.8, 4) is 22.6 Å². The van der Waals surface area contributed by atoms with Gasteiger partial charge in [0.15, 0.2) is 12.3 Å². The lowest BCUT2D eigenvalue weighted by Crippen LogP contribution is -2.33. The SMILES string of the molecule is CC(C)(C)OC(=O)COc1cc(C(=O)OCc2ccccc2)nc2c(NC(=O)c3cc(OCCCNC(=O)OC(C)(C)C)cc(CNC(=O)OCC4c5ccccc5-c5ccccc54)n3)cccc12. The Kier molecular flexibility index (Phi) is 15.4. The van der Waals surface area contributed by atoms with E-state index in [0.717, 1.165) is 27.8 Å². The summed E-state index contributed by atoms with van der Waals surface area (Å²) in [6, 6.07) is 34.5. The summed E-state index contributed by atoms with van der Waals surface area (Å²) < 4.78 is 34.0. The first kappa shape index (κ1) is 48.9. The van der Waals surface area contributed by atoms with Crippen molar-refractivity contribution < 1.29 is 52.4 Å². The third-order valence-corrected chi connectivity index (χ3v) is 10.3. The zero-order valence-electron chi connectivity index (χ0n) is 39.4. The average molecular weight is 938 g/mol. The molecule has 6 aromatic rings. The molecule has 69 heavy (non-hydrogen) atoms. The molecular weight excluding hydrogens is 883 g/mol. The number of aromatic nitrogens is 2. The largest absolute Gasteiger partial charge is 0.493 e. The number of amides is 3. The summed E-state index contributed by atoms with van der Waals surface area (Å²) in [5, 5.41) is 8.66. The smallest absolute Gasteiger partial charge is 0.407 e. The zero-order chi connectivity index (χ0) is 49.1. The van der Waals surface area contributed by atoms with E-state index >= 15 is 0 Å². The minimum Gasteiger partial charge on any atom is -0.493 e. The number of hydrogen-bond donors (Lipinski definition) is 3. The molecule has 1 aliphatic rings. The molecule has 3 amide bonds. The molecule has 16 heteroatoms. The van der Waals surface area contributed by atoms with Crippen LogP contribution in [0.4, 0.5) is 15.3 Å². The van der Waals surface area contributed by atoms with Crippen molar-refractivity contribution in [2.75, 3.05) is 31.7 Å². The number of esters is 2. The maximum Gasteiger partial charge on any atom is 0.407 e. The number of anilines is 1. The topological polar surface area (TPSA) is 203 Å². The summed E-state index contributed by atoms with van der Waals surface area (Å²) in [4.78, 5) is 75.0. The Labute approximate surface area is 400 Å². The fraction of sp³-hybridized carbons (Fsp3) is 0.302. The van der Waals surface area contributed by atoms with Gasteiger partial charge < -0.3 is 44.4 Å². The third-order valence-electron chi connectivity index (χ3n) is 10.3. The average Bonchev–Trinajstić information content (AvgIpc) is 3.63. The molecule has 2 aromatic heterocycles. The lowest BCUT2D eigenvalue weighted by molar-refractivity contribution is -0.157. The van der Waals surface area contributed by atoms with Crippen LogP contribution in [0.25, 0.3) is 22.0 Å². The highest BCUT2D eigenvalue weighted by atomic mass is 16.6. The van der Waals surface area contributed by atoms with Gasteiger partial charge in [0.1, 0.15) is 41.6 Å². The number of alkyl carbamates (subject to hydrolysis) is 2. The van der Waals surface area contributed by atoms with Crippen molar-refractivity contribution in [1.29, 1.82) is 0 Å². The standard InChI is InChI=1S/C53H55N5O11/c1-52(2,3)68-46(59)32-65-45-28-44(49(61)66-30-33-16-8-7-9-17-33)57-47-40(45)22-14-23-42(47)58-48(60)43-27-35(64-25-15-24-54-51(63)69-53(4,5)6)26-34(56-43)29-55-50(62)67-31-41-38-20-12-10-18-36(38)37-19-11-13-21-39(37)41/h7-14,16-23,26-28,41H,15,24-25,29-32H2,1-6H3,(H,54,63)(H,55,62)(H,58,60). The van der Waals surface area contributed by atoms with Crippen LogP contribution < -0.4 is 25.4 Å². The molecule has 0 atom stereocenters. The maximum absolute atomic E-state index is 14.2. The lowest BCUT2D eigenvalue weighted by Gasteiger charge is -2.20. The molecule has 0 spiro atoms. The number of nitrogens with zero attached hydrogens (tertiary/aromatic N) is 2. The third kappa shape index (κ3) is 13.6. The van der Waals surface area contributed by atoms with Crippen LogP contribution in [0.15, 0.2) is 115 Å². The van der Waals surface area contributed by atoms with Gasteiger partial charge in [-0.05, 0) is 87.9 Å². The maximum atomic E-state index is 14.2. The van der Waals surface area contributed by atoms with Gasteiger partial charge in [0.2, 0.25) is 0 Å². The van der Waals surface area contributed by atoms with Gasteiger partial charge in [-0.15, -0.1) is 0 Å². The lowest BCUT2D eigenvalue weighted by atomic mass is 9.98. The van der Waals surface area contributed by atoms with E-state index in [1.807, 2.05) is 66.7 Å². The van der Waals surface area contributed by atoms with E-state index in [-0.39, 0.29) is 78.6 Å². The number of fused-ring (bicyclic) bond motifs is 4. The van der Waals surface area contributed by atoms with Gasteiger partial charge in [0.25, 0.3) is 5.91 Å². The van der Waals surface area contributed by atoms with Gasteiger partial charge in [0, 0.05) is 36.0 Å². The van der Waals surface area contributed by atoms with E-state index in [9.17, 15) is 24.0 Å². The van der Waals surface area contributed by atoms with E-state index in [0.29, 0.717) is 11.8 Å². The second-order valence-electron chi connectivity index (χ2n) is 18.1. The van der Waals surface area contributed by atoms with Crippen LogP contribution in [-0.2, 0) is 36.9 Å². The van der Waals surface area contributed by atoms with Crippen LogP contribution in [0, 0.1) is 0 Å². The number of benzene rings is 4. The number of carbonyl (C=O) groups excluding carboxylic acids is 5. The Balaban J connectivity index is 1.10. The Hall–Kier alpha value is -8.01. The Morgan fingerprint density at radius 2 is 1.33 bits per heavy atom. The fourth-order valence-corrected chi connectivity index (χ4v) is 7.46. The Morgan fingerprint density at radius 3 is 2.03 bits per heavy atom. The van der Waals surface area contributed by atoms with Crippen molar-refractivity contribution in [1.82, 2.24) is 20.6 Å². The summed E-state index contributed by atoms with van der Waals surface area (Å²) in [7, 11) is 0. The summed E-state index contributed by atoms with van der Waals surface area (Å²) >= 11 is 0. The first-order chi connectivity index (χ1) is 33.0. The molecule has 0 aliphatic heterocycles. The number of ether oxygens (including phenoxy) is 6. The first-order valence-corrected chi connectivity index (χ1v) is 22.5. The molecule has 0 saturated carbocycles. The molecule has 0 radical (unpaired) electrons. The summed E-state index contributed by atoms with van der Waals surface area (Å²) in [6.45, 7) is 10.4. The Morgan fingerprint density at radius 1 is 0.652 bits per heavy atom. The minimum atomic E-state index is -0.773. The number of rotatable bonds is 17. The van der Waals surface area contributed by atoms with Crippen LogP contribution in [0.3, 0.4) is 0 Å². The predicted molar refractivity (Wildman–Crippen MR) is 257 cm³/mol. The Bertz CT molecular complexity index is 2790. The zero-order valence-corrected chi connectivity index (χ0v) is 39.4. The van der Waals surface area contributed by atoms with Crippen LogP contribution in [0.2, 0.25) is 0 Å². The molecule has 358 valence electrons. The highest BCUT2D eigenvalue weighted by Crippen LogP contribution is 2.44. The van der Waals surface area contributed by atoms with E-state index in [1.165, 1.54) is 12.1 Å². The minimum absolute atomic E-state index is 0.0330. The van der Waals surface area contributed by atoms with E-state index in [4.69, 9.17) is 28.4 Å². The summed E-state index contributed by atoms with van der Waals surface area (Å²) in [5.41, 5.74) is 4.05. The van der Waals surface area contributed by atoms with Crippen molar-refractivity contribution in [2.24, 2.45) is 0 Å². The highest BCUT2D eigenvalue weighted by Gasteiger charge is 2.29. The molecule has 0 unspecified atom stereocenters. The summed E-state index contributed by atoms with van der Waals surface area (Å²) in [6.07, 6.45) is -0.853. The first-order valence-electron chi connectivity index (χ1n) is 22.5.